The van der Waals surface area contributed by atoms with Gasteiger partial charge in [-0.15, -0.1) is 0 Å². The van der Waals surface area contributed by atoms with Crippen molar-refractivity contribution in [3.63, 3.8) is 0 Å². The van der Waals surface area contributed by atoms with Gasteiger partial charge in [0.15, 0.2) is 0 Å². The summed E-state index contributed by atoms with van der Waals surface area (Å²) in [6.07, 6.45) is 0. The van der Waals surface area contributed by atoms with Crippen molar-refractivity contribution in [1.82, 2.24) is 0 Å². The molecule has 100 valence electrons. The summed E-state index contributed by atoms with van der Waals surface area (Å²) in [6.45, 7) is 1.92. The van der Waals surface area contributed by atoms with Crippen LogP contribution in [0.5, 0.6) is 0 Å². The maximum Gasteiger partial charge on any atom is 0.0426 e. The van der Waals surface area contributed by atoms with E-state index in [1.807, 2.05) is 24.3 Å². The molecule has 0 amide bonds. The number of halogens is 1. The van der Waals surface area contributed by atoms with Crippen molar-refractivity contribution in [1.29, 1.82) is 0 Å². The van der Waals surface area contributed by atoms with Crippen LogP contribution in [-0.4, -0.2) is 27.2 Å². The summed E-state index contributed by atoms with van der Waals surface area (Å²) in [5, 5.41) is 0.778. The maximum atomic E-state index is 6.01. The minimum Gasteiger partial charge on any atom is -0.373 e. The largest absolute Gasteiger partial charge is 0.373 e. The molecule has 0 spiro atoms. The number of hydrogen-bond acceptors (Lipinski definition) is 2. The van der Waals surface area contributed by atoms with Gasteiger partial charge in [0.2, 0.25) is 0 Å². The quantitative estimate of drug-likeness (QED) is 0.816. The van der Waals surface area contributed by atoms with Crippen molar-refractivity contribution in [2.24, 2.45) is 0 Å². The van der Waals surface area contributed by atoms with Gasteiger partial charge in [-0.1, -0.05) is 35.9 Å². The molecular weight excluding hydrogens is 256 g/mol. The highest BCUT2D eigenvalue weighted by molar-refractivity contribution is 6.30. The Kier molecular flexibility index (Phi) is 4.69. The van der Waals surface area contributed by atoms with Crippen LogP contribution in [0.25, 0.3) is 0 Å². The number of hydrogen-bond donors (Lipinski definition) is 0. The highest BCUT2D eigenvalue weighted by Crippen LogP contribution is 2.18. The summed E-state index contributed by atoms with van der Waals surface area (Å²) in [7, 11) is 4.20. The molecule has 0 N–H and O–H groups in total. The molecule has 0 aromatic heterocycles. The Morgan fingerprint density at radius 1 is 0.789 bits per heavy atom. The Balaban J connectivity index is 1.92. The van der Waals surface area contributed by atoms with E-state index in [0.29, 0.717) is 0 Å². The first-order valence-corrected chi connectivity index (χ1v) is 6.77. The Labute approximate surface area is 120 Å². The SMILES string of the molecule is CN(CCN(C)c1cccc(Cl)c1)c1ccccc1. The van der Waals surface area contributed by atoms with Gasteiger partial charge in [0.25, 0.3) is 0 Å². The monoisotopic (exact) mass is 274 g/mol. The van der Waals surface area contributed by atoms with Gasteiger partial charge in [0, 0.05) is 43.6 Å². The first-order valence-electron chi connectivity index (χ1n) is 6.40. The average molecular weight is 275 g/mol. The molecule has 0 atom stereocenters. The second kappa shape index (κ2) is 6.48. The zero-order valence-electron chi connectivity index (χ0n) is 11.4. The molecular formula is C16H19ClN2. The Hall–Kier alpha value is -1.67. The van der Waals surface area contributed by atoms with Gasteiger partial charge in [-0.2, -0.15) is 0 Å². The van der Waals surface area contributed by atoms with Crippen LogP contribution in [0.15, 0.2) is 54.6 Å². The number of anilines is 2. The molecule has 2 rings (SSSR count). The standard InChI is InChI=1S/C16H19ClN2/c1-18(15-8-4-3-5-9-15)11-12-19(2)16-10-6-7-14(17)13-16/h3-10,13H,11-12H2,1-2H3. The topological polar surface area (TPSA) is 6.48 Å². The fourth-order valence-electron chi connectivity index (χ4n) is 1.95. The average Bonchev–Trinajstić information content (AvgIpc) is 2.45. The minimum absolute atomic E-state index is 0.778. The molecule has 0 bridgehead atoms. The summed E-state index contributed by atoms with van der Waals surface area (Å²) >= 11 is 6.01. The van der Waals surface area contributed by atoms with Crippen molar-refractivity contribution in [2.45, 2.75) is 0 Å². The summed E-state index contributed by atoms with van der Waals surface area (Å²) in [5.74, 6) is 0. The van der Waals surface area contributed by atoms with Crippen molar-refractivity contribution < 1.29 is 0 Å². The van der Waals surface area contributed by atoms with E-state index in [2.05, 4.69) is 54.2 Å². The first-order chi connectivity index (χ1) is 9.16. The molecule has 0 unspecified atom stereocenters. The van der Waals surface area contributed by atoms with Gasteiger partial charge in [-0.3, -0.25) is 0 Å². The molecule has 0 saturated heterocycles. The van der Waals surface area contributed by atoms with Gasteiger partial charge >= 0.3 is 0 Å². The lowest BCUT2D eigenvalue weighted by molar-refractivity contribution is 0.833. The van der Waals surface area contributed by atoms with E-state index in [-0.39, 0.29) is 0 Å². The molecule has 0 heterocycles. The molecule has 2 aromatic carbocycles. The van der Waals surface area contributed by atoms with E-state index in [1.165, 1.54) is 5.69 Å². The molecule has 3 heteroatoms. The van der Waals surface area contributed by atoms with Crippen LogP contribution in [-0.2, 0) is 0 Å². The van der Waals surface area contributed by atoms with Crippen LogP contribution < -0.4 is 9.80 Å². The van der Waals surface area contributed by atoms with Crippen LogP contribution in [0.4, 0.5) is 11.4 Å². The summed E-state index contributed by atoms with van der Waals surface area (Å²) in [5.41, 5.74) is 2.39. The van der Waals surface area contributed by atoms with Crippen LogP contribution in [0.1, 0.15) is 0 Å². The highest BCUT2D eigenvalue weighted by atomic mass is 35.5. The van der Waals surface area contributed by atoms with E-state index in [9.17, 15) is 0 Å². The van der Waals surface area contributed by atoms with Crippen LogP contribution in [0.3, 0.4) is 0 Å². The first kappa shape index (κ1) is 13.8. The van der Waals surface area contributed by atoms with Gasteiger partial charge < -0.3 is 9.80 Å². The normalized spacial score (nSPS) is 10.3. The smallest absolute Gasteiger partial charge is 0.0426 e. The molecule has 19 heavy (non-hydrogen) atoms. The number of likely N-dealkylation sites (N-methyl/N-ethyl adjacent to an activating group) is 2. The maximum absolute atomic E-state index is 6.01. The molecule has 0 aliphatic heterocycles. The van der Waals surface area contributed by atoms with Gasteiger partial charge in [0.05, 0.1) is 0 Å². The third-order valence-electron chi connectivity index (χ3n) is 3.22. The summed E-state index contributed by atoms with van der Waals surface area (Å²) in [4.78, 5) is 4.46. The summed E-state index contributed by atoms with van der Waals surface area (Å²) in [6, 6.07) is 18.4. The van der Waals surface area contributed by atoms with Crippen LogP contribution in [0, 0.1) is 0 Å². The zero-order chi connectivity index (χ0) is 13.7. The molecule has 0 aliphatic carbocycles. The highest BCUT2D eigenvalue weighted by Gasteiger charge is 2.04. The molecule has 0 aliphatic rings. The molecule has 2 aromatic rings. The van der Waals surface area contributed by atoms with Crippen LogP contribution in [0.2, 0.25) is 5.02 Å². The minimum atomic E-state index is 0.778. The molecule has 2 nitrogen and oxygen atoms in total. The molecule has 0 radical (unpaired) electrons. The Morgan fingerprint density at radius 2 is 1.37 bits per heavy atom. The van der Waals surface area contributed by atoms with Crippen molar-refractivity contribution >= 4 is 23.0 Å². The fraction of sp³-hybridized carbons (Fsp3) is 0.250. The van der Waals surface area contributed by atoms with E-state index in [4.69, 9.17) is 11.6 Å². The Morgan fingerprint density at radius 3 is 2.00 bits per heavy atom. The molecule has 0 saturated carbocycles. The summed E-state index contributed by atoms with van der Waals surface area (Å²) < 4.78 is 0. The van der Waals surface area contributed by atoms with Crippen molar-refractivity contribution in [2.75, 3.05) is 37.0 Å². The van der Waals surface area contributed by atoms with E-state index in [1.54, 1.807) is 0 Å². The fourth-order valence-corrected chi connectivity index (χ4v) is 2.14. The van der Waals surface area contributed by atoms with Gasteiger partial charge in [-0.05, 0) is 30.3 Å². The molecule has 0 fully saturated rings. The third kappa shape index (κ3) is 3.90. The van der Waals surface area contributed by atoms with Gasteiger partial charge in [0.1, 0.15) is 0 Å². The predicted molar refractivity (Wildman–Crippen MR) is 84.4 cm³/mol. The number of para-hydroxylation sites is 1. The van der Waals surface area contributed by atoms with Crippen molar-refractivity contribution in [3.05, 3.63) is 59.6 Å². The lowest BCUT2D eigenvalue weighted by atomic mass is 10.3. The second-order valence-electron chi connectivity index (χ2n) is 4.66. The zero-order valence-corrected chi connectivity index (χ0v) is 12.1. The van der Waals surface area contributed by atoms with E-state index in [0.717, 1.165) is 23.8 Å². The number of rotatable bonds is 5. The number of nitrogens with zero attached hydrogens (tertiary/aromatic N) is 2. The lowest BCUT2D eigenvalue weighted by Crippen LogP contribution is -2.30. The second-order valence-corrected chi connectivity index (χ2v) is 5.09. The Bertz CT molecular complexity index is 513. The lowest BCUT2D eigenvalue weighted by Gasteiger charge is -2.25. The van der Waals surface area contributed by atoms with E-state index < -0.39 is 0 Å². The van der Waals surface area contributed by atoms with Crippen LogP contribution >= 0.6 is 11.6 Å². The number of benzene rings is 2. The predicted octanol–water partition coefficient (Wildman–Crippen LogP) is 3.91. The third-order valence-corrected chi connectivity index (χ3v) is 3.45. The van der Waals surface area contributed by atoms with E-state index >= 15 is 0 Å². The van der Waals surface area contributed by atoms with Crippen molar-refractivity contribution in [3.8, 4) is 0 Å². The van der Waals surface area contributed by atoms with Gasteiger partial charge in [-0.25, -0.2) is 0 Å².